The first-order valence-electron chi connectivity index (χ1n) is 8.68. The fourth-order valence-electron chi connectivity index (χ4n) is 2.76. The number of aryl methyl sites for hydroxylation is 1. The van der Waals surface area contributed by atoms with Crippen molar-refractivity contribution in [1.82, 2.24) is 19.9 Å². The van der Waals surface area contributed by atoms with Gasteiger partial charge in [0.2, 0.25) is 15.8 Å². The van der Waals surface area contributed by atoms with E-state index in [-0.39, 0.29) is 23.2 Å². The van der Waals surface area contributed by atoms with Crippen LogP contribution in [-0.2, 0) is 23.7 Å². The summed E-state index contributed by atoms with van der Waals surface area (Å²) in [7, 11) is -2.05. The summed E-state index contributed by atoms with van der Waals surface area (Å²) in [6.45, 7) is 0.107. The summed E-state index contributed by atoms with van der Waals surface area (Å²) in [6.07, 6.45) is 1.56. The SMILES string of the molecule is Cn1ncc(-c2nc(-c3ccc(S(N)(=O)=O)cc3)no2)c1COc1cccc(F)c1. The van der Waals surface area contributed by atoms with Gasteiger partial charge in [0, 0.05) is 18.7 Å². The second kappa shape index (κ2) is 7.69. The molecule has 154 valence electrons. The molecule has 0 saturated heterocycles. The van der Waals surface area contributed by atoms with E-state index in [1.165, 1.54) is 36.4 Å². The summed E-state index contributed by atoms with van der Waals surface area (Å²) in [5.74, 6) is 0.467. The van der Waals surface area contributed by atoms with Gasteiger partial charge in [-0.05, 0) is 36.4 Å². The van der Waals surface area contributed by atoms with E-state index >= 15 is 0 Å². The van der Waals surface area contributed by atoms with Gasteiger partial charge in [-0.2, -0.15) is 10.1 Å². The van der Waals surface area contributed by atoms with E-state index < -0.39 is 15.8 Å². The normalized spacial score (nSPS) is 11.6. The minimum atomic E-state index is -3.79. The maximum atomic E-state index is 13.3. The van der Waals surface area contributed by atoms with Crippen LogP contribution in [0.3, 0.4) is 0 Å². The summed E-state index contributed by atoms with van der Waals surface area (Å²) in [5, 5.41) is 13.2. The lowest BCUT2D eigenvalue weighted by Crippen LogP contribution is -2.11. The zero-order valence-corrected chi connectivity index (χ0v) is 16.5. The average Bonchev–Trinajstić information content (AvgIpc) is 3.33. The Bertz CT molecular complexity index is 1300. The molecule has 2 aromatic heterocycles. The Morgan fingerprint density at radius 2 is 1.97 bits per heavy atom. The van der Waals surface area contributed by atoms with Gasteiger partial charge < -0.3 is 9.26 Å². The van der Waals surface area contributed by atoms with Crippen molar-refractivity contribution in [1.29, 1.82) is 0 Å². The van der Waals surface area contributed by atoms with E-state index in [2.05, 4.69) is 15.2 Å². The Morgan fingerprint density at radius 3 is 2.67 bits per heavy atom. The van der Waals surface area contributed by atoms with Crippen LogP contribution < -0.4 is 9.88 Å². The van der Waals surface area contributed by atoms with Crippen LogP contribution in [0.15, 0.2) is 64.1 Å². The third kappa shape index (κ3) is 4.07. The molecule has 0 aliphatic rings. The van der Waals surface area contributed by atoms with Crippen molar-refractivity contribution in [2.45, 2.75) is 11.5 Å². The van der Waals surface area contributed by atoms with E-state index in [0.29, 0.717) is 22.6 Å². The first kappa shape index (κ1) is 19.7. The number of halogens is 1. The van der Waals surface area contributed by atoms with Gasteiger partial charge in [-0.1, -0.05) is 11.2 Å². The first-order chi connectivity index (χ1) is 14.3. The van der Waals surface area contributed by atoms with Gasteiger partial charge >= 0.3 is 0 Å². The minimum Gasteiger partial charge on any atom is -0.487 e. The number of hydrogen-bond acceptors (Lipinski definition) is 7. The van der Waals surface area contributed by atoms with Gasteiger partial charge in [0.05, 0.1) is 22.3 Å². The third-order valence-electron chi connectivity index (χ3n) is 4.33. The number of hydrogen-bond donors (Lipinski definition) is 1. The predicted octanol–water partition coefficient (Wildman–Crippen LogP) is 2.50. The second-order valence-corrected chi connectivity index (χ2v) is 7.93. The van der Waals surface area contributed by atoms with Crippen molar-refractivity contribution >= 4 is 10.0 Å². The number of sulfonamides is 1. The van der Waals surface area contributed by atoms with Crippen molar-refractivity contribution in [3.05, 3.63) is 66.2 Å². The first-order valence-corrected chi connectivity index (χ1v) is 10.2. The van der Waals surface area contributed by atoms with Gasteiger partial charge in [-0.25, -0.2) is 17.9 Å². The lowest BCUT2D eigenvalue weighted by Gasteiger charge is -2.07. The maximum Gasteiger partial charge on any atom is 0.261 e. The van der Waals surface area contributed by atoms with Crippen molar-refractivity contribution in [2.75, 3.05) is 0 Å². The Morgan fingerprint density at radius 1 is 1.20 bits per heavy atom. The molecule has 2 aromatic carbocycles. The standard InChI is InChI=1S/C19H16FN5O4S/c1-25-17(11-28-14-4-2-3-13(20)9-14)16(10-22-25)19-23-18(24-29-19)12-5-7-15(8-6-12)30(21,26)27/h2-10H,11H2,1H3,(H2,21,26,27). The summed E-state index contributed by atoms with van der Waals surface area (Å²) < 4.78 is 48.7. The Balaban J connectivity index is 1.58. The molecule has 0 radical (unpaired) electrons. The van der Waals surface area contributed by atoms with Crippen LogP contribution in [0.25, 0.3) is 22.8 Å². The van der Waals surface area contributed by atoms with E-state index in [9.17, 15) is 12.8 Å². The molecule has 4 rings (SSSR count). The molecule has 0 saturated carbocycles. The molecule has 0 aliphatic heterocycles. The number of nitrogens with zero attached hydrogens (tertiary/aromatic N) is 4. The van der Waals surface area contributed by atoms with Gasteiger partial charge in [-0.15, -0.1) is 0 Å². The summed E-state index contributed by atoms with van der Waals surface area (Å²) in [5.41, 5.74) is 1.77. The van der Waals surface area contributed by atoms with Crippen LogP contribution in [0.5, 0.6) is 5.75 Å². The Labute approximate surface area is 171 Å². The molecule has 2 heterocycles. The highest BCUT2D eigenvalue weighted by molar-refractivity contribution is 7.89. The molecule has 0 atom stereocenters. The lowest BCUT2D eigenvalue weighted by atomic mass is 10.2. The fourth-order valence-corrected chi connectivity index (χ4v) is 3.28. The fraction of sp³-hybridized carbons (Fsp3) is 0.105. The molecule has 0 amide bonds. The molecule has 30 heavy (non-hydrogen) atoms. The van der Waals surface area contributed by atoms with Gasteiger partial charge in [-0.3, -0.25) is 4.68 Å². The van der Waals surface area contributed by atoms with E-state index in [1.54, 1.807) is 30.1 Å². The predicted molar refractivity (Wildman–Crippen MR) is 104 cm³/mol. The smallest absolute Gasteiger partial charge is 0.261 e. The zero-order chi connectivity index (χ0) is 21.3. The highest BCUT2D eigenvalue weighted by atomic mass is 32.2. The summed E-state index contributed by atoms with van der Waals surface area (Å²) >= 11 is 0. The quantitative estimate of drug-likeness (QED) is 0.499. The van der Waals surface area contributed by atoms with Crippen LogP contribution in [-0.4, -0.2) is 28.3 Å². The number of primary sulfonamides is 1. The molecule has 4 aromatic rings. The molecule has 11 heteroatoms. The molecular weight excluding hydrogens is 413 g/mol. The molecule has 0 aliphatic carbocycles. The molecule has 9 nitrogen and oxygen atoms in total. The lowest BCUT2D eigenvalue weighted by molar-refractivity contribution is 0.293. The van der Waals surface area contributed by atoms with Gasteiger partial charge in [0.25, 0.3) is 5.89 Å². The van der Waals surface area contributed by atoms with Crippen molar-refractivity contribution in [3.63, 3.8) is 0 Å². The highest BCUT2D eigenvalue weighted by Crippen LogP contribution is 2.26. The second-order valence-electron chi connectivity index (χ2n) is 6.37. The largest absolute Gasteiger partial charge is 0.487 e. The van der Waals surface area contributed by atoms with E-state index in [1.807, 2.05) is 0 Å². The zero-order valence-electron chi connectivity index (χ0n) is 15.7. The number of nitrogens with two attached hydrogens (primary N) is 1. The summed E-state index contributed by atoms with van der Waals surface area (Å²) in [6, 6.07) is 11.6. The Hall–Kier alpha value is -3.57. The van der Waals surface area contributed by atoms with Crippen LogP contribution in [0.2, 0.25) is 0 Å². The third-order valence-corrected chi connectivity index (χ3v) is 5.26. The number of benzene rings is 2. The summed E-state index contributed by atoms with van der Waals surface area (Å²) in [4.78, 5) is 4.34. The highest BCUT2D eigenvalue weighted by Gasteiger charge is 2.19. The van der Waals surface area contributed by atoms with E-state index in [0.717, 1.165) is 0 Å². The van der Waals surface area contributed by atoms with Gasteiger partial charge in [0.15, 0.2) is 0 Å². The van der Waals surface area contributed by atoms with Crippen LogP contribution in [0, 0.1) is 5.82 Å². The topological polar surface area (TPSA) is 126 Å². The van der Waals surface area contributed by atoms with Crippen LogP contribution in [0.1, 0.15) is 5.69 Å². The Kier molecular flexibility index (Phi) is 5.06. The van der Waals surface area contributed by atoms with Crippen molar-refractivity contribution in [3.8, 4) is 28.6 Å². The van der Waals surface area contributed by atoms with Crippen LogP contribution >= 0.6 is 0 Å². The molecule has 0 bridgehead atoms. The van der Waals surface area contributed by atoms with E-state index in [4.69, 9.17) is 14.4 Å². The molecular formula is C19H16FN5O4S. The molecule has 0 unspecified atom stereocenters. The average molecular weight is 429 g/mol. The van der Waals surface area contributed by atoms with Crippen molar-refractivity contribution in [2.24, 2.45) is 12.2 Å². The number of rotatable bonds is 6. The van der Waals surface area contributed by atoms with Crippen LogP contribution in [0.4, 0.5) is 4.39 Å². The van der Waals surface area contributed by atoms with Crippen molar-refractivity contribution < 1.29 is 22.1 Å². The molecule has 0 fully saturated rings. The minimum absolute atomic E-state index is 0.0148. The number of ether oxygens (including phenoxy) is 1. The molecule has 2 N–H and O–H groups in total. The monoisotopic (exact) mass is 429 g/mol. The van der Waals surface area contributed by atoms with Gasteiger partial charge in [0.1, 0.15) is 18.2 Å². The maximum absolute atomic E-state index is 13.3. The molecule has 0 spiro atoms. The number of aromatic nitrogens is 4.